The van der Waals surface area contributed by atoms with Crippen LogP contribution in [0.4, 0.5) is 12.9 Å². The maximum absolute atomic E-state index is 9.67. The number of benzene rings is 1. The SMILES string of the molecule is Cc1cc(C)c(-n2c[n+]3c(n2)COC[C@@H]3C(C)(C)C)c(C)c1.FB(F)F.[F-]. The first kappa shape index (κ1) is 23.1. The van der Waals surface area contributed by atoms with Crippen molar-refractivity contribution in [3.05, 3.63) is 41.0 Å². The topological polar surface area (TPSA) is 30.9 Å². The Morgan fingerprint density at radius 1 is 1.15 bits per heavy atom. The van der Waals surface area contributed by atoms with Gasteiger partial charge in [-0.15, -0.1) is 0 Å². The van der Waals surface area contributed by atoms with E-state index < -0.39 is 7.54 Å². The summed E-state index contributed by atoms with van der Waals surface area (Å²) in [6.45, 7) is 14.5. The molecule has 9 heteroatoms. The van der Waals surface area contributed by atoms with Gasteiger partial charge in [0.25, 0.3) is 0 Å². The largest absolute Gasteiger partial charge is 1.00 e. The van der Waals surface area contributed by atoms with Crippen LogP contribution >= 0.6 is 0 Å². The van der Waals surface area contributed by atoms with Gasteiger partial charge in [0.05, 0.1) is 6.61 Å². The number of halogens is 4. The number of fused-ring (bicyclic) bond motifs is 1. The summed E-state index contributed by atoms with van der Waals surface area (Å²) in [5.41, 5.74) is 5.13. The Labute approximate surface area is 157 Å². The first-order valence-electron chi connectivity index (χ1n) is 8.58. The van der Waals surface area contributed by atoms with Crippen LogP contribution in [0.5, 0.6) is 0 Å². The molecule has 1 atom stereocenters. The zero-order valence-corrected chi connectivity index (χ0v) is 16.6. The molecule has 2 aromatic rings. The van der Waals surface area contributed by atoms with Gasteiger partial charge in [0.1, 0.15) is 18.3 Å². The zero-order valence-electron chi connectivity index (χ0n) is 16.6. The van der Waals surface area contributed by atoms with Crippen LogP contribution in [-0.2, 0) is 11.3 Å². The van der Waals surface area contributed by atoms with E-state index in [4.69, 9.17) is 9.84 Å². The Balaban J connectivity index is 0.000000666. The van der Waals surface area contributed by atoms with Crippen molar-refractivity contribution in [3.63, 3.8) is 0 Å². The standard InChI is InChI=1S/C18H26N3O.BF3.FH/c1-12-7-13(2)17(14(3)8-12)21-11-20-15(18(4,5)6)9-22-10-16(20)19-21;2-1(3)4;/h7-8,11,15H,9-10H2,1-6H3;;1H/q+1;;/p-1/t15-;;/m1../s1. The number of hydrogen-bond donors (Lipinski definition) is 0. The van der Waals surface area contributed by atoms with Crippen molar-refractivity contribution < 1.29 is 27.0 Å². The highest BCUT2D eigenvalue weighted by Crippen LogP contribution is 2.29. The van der Waals surface area contributed by atoms with Crippen molar-refractivity contribution in [2.45, 2.75) is 54.2 Å². The van der Waals surface area contributed by atoms with Gasteiger partial charge in [-0.2, -0.15) is 0 Å². The highest BCUT2D eigenvalue weighted by atomic mass is 19.4. The van der Waals surface area contributed by atoms with E-state index >= 15 is 0 Å². The average molecular weight is 387 g/mol. The van der Waals surface area contributed by atoms with Crippen molar-refractivity contribution in [1.82, 2.24) is 9.78 Å². The molecule has 0 radical (unpaired) electrons. The van der Waals surface area contributed by atoms with Crippen molar-refractivity contribution >= 4 is 7.54 Å². The van der Waals surface area contributed by atoms with E-state index in [1.165, 1.54) is 22.4 Å². The van der Waals surface area contributed by atoms with E-state index in [1.54, 1.807) is 0 Å². The van der Waals surface area contributed by atoms with Gasteiger partial charge < -0.3 is 9.44 Å². The third kappa shape index (κ3) is 5.54. The fourth-order valence-corrected chi connectivity index (χ4v) is 3.40. The molecular weight excluding hydrogens is 361 g/mol. The lowest BCUT2D eigenvalue weighted by molar-refractivity contribution is -0.755. The molecular formula is C18H26BF4N3O. The van der Waals surface area contributed by atoms with Gasteiger partial charge in [-0.1, -0.05) is 43.1 Å². The predicted molar refractivity (Wildman–Crippen MR) is 95.2 cm³/mol. The summed E-state index contributed by atoms with van der Waals surface area (Å²) >= 11 is 0. The number of rotatable bonds is 1. The molecule has 1 aromatic heterocycles. The summed E-state index contributed by atoms with van der Waals surface area (Å²) in [6.07, 6.45) is 2.14. The zero-order chi connectivity index (χ0) is 19.6. The summed E-state index contributed by atoms with van der Waals surface area (Å²) in [4.78, 5) is 0. The minimum absolute atomic E-state index is 0. The molecule has 1 aliphatic rings. The Kier molecular flexibility index (Phi) is 7.60. The van der Waals surface area contributed by atoms with Crippen LogP contribution in [0.1, 0.15) is 49.3 Å². The third-order valence-corrected chi connectivity index (χ3v) is 4.46. The van der Waals surface area contributed by atoms with Crippen LogP contribution in [0.2, 0.25) is 0 Å². The summed E-state index contributed by atoms with van der Waals surface area (Å²) in [6, 6.07) is 4.74. The lowest BCUT2D eigenvalue weighted by Gasteiger charge is -2.31. The maximum atomic E-state index is 9.67. The minimum Gasteiger partial charge on any atom is -1.00 e. The maximum Gasteiger partial charge on any atom is 0.762 e. The smallest absolute Gasteiger partial charge is 0.762 e. The summed E-state index contributed by atoms with van der Waals surface area (Å²) in [5, 5.41) is 4.79. The van der Waals surface area contributed by atoms with Crippen LogP contribution in [0.15, 0.2) is 18.5 Å². The lowest BCUT2D eigenvalue weighted by atomic mass is 9.86. The average Bonchev–Trinajstić information content (AvgIpc) is 2.87. The molecule has 27 heavy (non-hydrogen) atoms. The number of ether oxygens (including phenoxy) is 1. The number of hydrogen-bond acceptors (Lipinski definition) is 2. The molecule has 0 unspecified atom stereocenters. The molecule has 0 bridgehead atoms. The van der Waals surface area contributed by atoms with Crippen LogP contribution in [0.25, 0.3) is 5.69 Å². The van der Waals surface area contributed by atoms with Gasteiger partial charge >= 0.3 is 13.4 Å². The fraction of sp³-hybridized carbons (Fsp3) is 0.556. The van der Waals surface area contributed by atoms with Crippen molar-refractivity contribution in [3.8, 4) is 5.69 Å². The summed E-state index contributed by atoms with van der Waals surface area (Å²) < 4.78 is 39.1. The van der Waals surface area contributed by atoms with E-state index in [-0.39, 0.29) is 10.1 Å². The predicted octanol–water partition coefficient (Wildman–Crippen LogP) is 1.09. The first-order valence-corrected chi connectivity index (χ1v) is 8.58. The van der Waals surface area contributed by atoms with E-state index in [2.05, 4.69) is 64.6 Å². The van der Waals surface area contributed by atoms with Gasteiger partial charge in [0, 0.05) is 5.10 Å². The van der Waals surface area contributed by atoms with Gasteiger partial charge in [-0.05, 0) is 37.3 Å². The number of aromatic nitrogens is 3. The van der Waals surface area contributed by atoms with E-state index in [9.17, 15) is 12.9 Å². The molecule has 0 spiro atoms. The van der Waals surface area contributed by atoms with Gasteiger partial charge in [-0.25, -0.2) is 4.57 Å². The molecule has 150 valence electrons. The lowest BCUT2D eigenvalue weighted by Crippen LogP contribution is -3.00. The summed E-state index contributed by atoms with van der Waals surface area (Å²) in [7, 11) is -3.67. The second-order valence-corrected chi connectivity index (χ2v) is 7.78. The number of nitrogens with zero attached hydrogens (tertiary/aromatic N) is 3. The Bertz CT molecular complexity index is 749. The Morgan fingerprint density at radius 2 is 1.67 bits per heavy atom. The van der Waals surface area contributed by atoms with Crippen LogP contribution in [0.3, 0.4) is 0 Å². The minimum atomic E-state index is -3.67. The molecule has 0 N–H and O–H groups in total. The molecule has 2 heterocycles. The van der Waals surface area contributed by atoms with Gasteiger partial charge in [-0.3, -0.25) is 12.9 Å². The van der Waals surface area contributed by atoms with Crippen LogP contribution < -0.4 is 9.27 Å². The van der Waals surface area contributed by atoms with Crippen LogP contribution in [-0.4, -0.2) is 23.9 Å². The summed E-state index contributed by atoms with van der Waals surface area (Å²) in [5.74, 6) is 1.01. The molecule has 1 aromatic carbocycles. The highest BCUT2D eigenvalue weighted by Gasteiger charge is 2.37. The molecule has 0 amide bonds. The quantitative estimate of drug-likeness (QED) is 0.417. The molecule has 4 nitrogen and oxygen atoms in total. The Hall–Kier alpha value is -1.90. The highest BCUT2D eigenvalue weighted by molar-refractivity contribution is 6.33. The number of aryl methyl sites for hydroxylation is 3. The van der Waals surface area contributed by atoms with E-state index in [1.807, 2.05) is 4.68 Å². The van der Waals surface area contributed by atoms with Gasteiger partial charge in [0.2, 0.25) is 6.33 Å². The molecule has 0 aliphatic carbocycles. The molecule has 1 aliphatic heterocycles. The monoisotopic (exact) mass is 387 g/mol. The van der Waals surface area contributed by atoms with Crippen molar-refractivity contribution in [2.75, 3.05) is 6.61 Å². The van der Waals surface area contributed by atoms with E-state index in [0.29, 0.717) is 12.6 Å². The fourth-order valence-electron chi connectivity index (χ4n) is 3.40. The molecule has 0 saturated carbocycles. The second kappa shape index (κ2) is 8.86. The van der Waals surface area contributed by atoms with E-state index in [0.717, 1.165) is 12.4 Å². The molecule has 0 saturated heterocycles. The third-order valence-electron chi connectivity index (χ3n) is 4.46. The first-order chi connectivity index (χ1) is 12.0. The van der Waals surface area contributed by atoms with Crippen molar-refractivity contribution in [2.24, 2.45) is 5.41 Å². The molecule has 0 fully saturated rings. The van der Waals surface area contributed by atoms with Crippen molar-refractivity contribution in [1.29, 1.82) is 0 Å². The molecule has 3 rings (SSSR count). The normalized spacial score (nSPS) is 16.0. The Morgan fingerprint density at radius 3 is 2.15 bits per heavy atom. The second-order valence-electron chi connectivity index (χ2n) is 7.78. The van der Waals surface area contributed by atoms with Crippen LogP contribution in [0, 0.1) is 26.2 Å². The van der Waals surface area contributed by atoms with Gasteiger partial charge in [0.15, 0.2) is 0 Å².